The molecule has 0 bridgehead atoms. The van der Waals surface area contributed by atoms with Crippen LogP contribution >= 0.6 is 23.6 Å². The van der Waals surface area contributed by atoms with Gasteiger partial charge in [-0.05, 0) is 45.2 Å². The molecule has 4 nitrogen and oxygen atoms in total. The minimum absolute atomic E-state index is 0.368. The van der Waals surface area contributed by atoms with Gasteiger partial charge in [-0.1, -0.05) is 0 Å². The summed E-state index contributed by atoms with van der Waals surface area (Å²) >= 11 is 7.13. The summed E-state index contributed by atoms with van der Waals surface area (Å²) in [5, 5.41) is 4.27. The van der Waals surface area contributed by atoms with Gasteiger partial charge in [-0.15, -0.1) is 11.3 Å². The van der Waals surface area contributed by atoms with Gasteiger partial charge in [0.15, 0.2) is 4.77 Å². The van der Waals surface area contributed by atoms with Crippen LogP contribution in [0.3, 0.4) is 0 Å². The summed E-state index contributed by atoms with van der Waals surface area (Å²) in [5.41, 5.74) is 0. The Morgan fingerprint density at radius 2 is 2.22 bits per heavy atom. The van der Waals surface area contributed by atoms with Crippen LogP contribution < -0.4 is 0 Å². The van der Waals surface area contributed by atoms with E-state index in [4.69, 9.17) is 12.2 Å². The Balaban J connectivity index is 2.10. The summed E-state index contributed by atoms with van der Waals surface area (Å²) in [6.07, 6.45) is 1.75. The monoisotopic (exact) mass is 282 g/mol. The van der Waals surface area contributed by atoms with E-state index in [9.17, 15) is 0 Å². The zero-order valence-electron chi connectivity index (χ0n) is 11.1. The van der Waals surface area contributed by atoms with E-state index in [1.54, 1.807) is 6.33 Å². The van der Waals surface area contributed by atoms with Crippen molar-refractivity contribution in [3.63, 3.8) is 0 Å². The maximum absolute atomic E-state index is 5.29. The highest BCUT2D eigenvalue weighted by Crippen LogP contribution is 2.26. The van der Waals surface area contributed by atoms with Gasteiger partial charge in [-0.25, -0.2) is 4.68 Å². The topological polar surface area (TPSA) is 26.0 Å². The number of hydrogen-bond donors (Lipinski definition) is 0. The van der Waals surface area contributed by atoms with Crippen LogP contribution in [0, 0.1) is 11.7 Å². The van der Waals surface area contributed by atoms with Gasteiger partial charge in [0.25, 0.3) is 0 Å². The maximum Gasteiger partial charge on any atom is 0.198 e. The minimum atomic E-state index is 0.368. The quantitative estimate of drug-likeness (QED) is 0.806. The Labute approximate surface area is 116 Å². The molecule has 0 spiro atoms. The third kappa shape index (κ3) is 2.71. The molecule has 0 unspecified atom stereocenters. The first-order chi connectivity index (χ1) is 8.49. The van der Waals surface area contributed by atoms with Gasteiger partial charge in [-0.2, -0.15) is 5.10 Å². The summed E-state index contributed by atoms with van der Waals surface area (Å²) < 4.78 is 4.44. The van der Waals surface area contributed by atoms with Crippen molar-refractivity contribution in [3.8, 4) is 0 Å². The molecular weight excluding hydrogens is 264 g/mol. The van der Waals surface area contributed by atoms with E-state index in [2.05, 4.69) is 43.0 Å². The Kier molecular flexibility index (Phi) is 3.99. The molecular formula is C12H18N4S2. The number of hydrogen-bond acceptors (Lipinski definition) is 4. The standard InChI is InChI=1S/C12H18N4S2/c1-9-5-6-11(18-9)10(2)15(4)8-16-12(17)14(3)7-13-16/h5-7,10H,8H2,1-4H3/t10-/m1/s1. The Morgan fingerprint density at radius 3 is 2.72 bits per heavy atom. The number of aryl methyl sites for hydroxylation is 2. The smallest absolute Gasteiger partial charge is 0.198 e. The van der Waals surface area contributed by atoms with Gasteiger partial charge >= 0.3 is 0 Å². The van der Waals surface area contributed by atoms with E-state index in [1.165, 1.54) is 9.75 Å². The average Bonchev–Trinajstić information content (AvgIpc) is 2.89. The molecule has 0 aromatic carbocycles. The van der Waals surface area contributed by atoms with Gasteiger partial charge in [0.05, 0.1) is 6.67 Å². The van der Waals surface area contributed by atoms with Gasteiger partial charge in [0, 0.05) is 22.8 Å². The third-order valence-corrected chi connectivity index (χ3v) is 4.75. The van der Waals surface area contributed by atoms with Gasteiger partial charge < -0.3 is 4.57 Å². The van der Waals surface area contributed by atoms with E-state index >= 15 is 0 Å². The van der Waals surface area contributed by atoms with Crippen molar-refractivity contribution in [2.45, 2.75) is 26.6 Å². The van der Waals surface area contributed by atoms with Crippen LogP contribution in [-0.2, 0) is 13.7 Å². The number of nitrogens with zero attached hydrogens (tertiary/aromatic N) is 4. The predicted octanol–water partition coefficient (Wildman–Crippen LogP) is 2.97. The zero-order valence-corrected chi connectivity index (χ0v) is 12.8. The summed E-state index contributed by atoms with van der Waals surface area (Å²) in [6, 6.07) is 4.72. The zero-order chi connectivity index (χ0) is 13.3. The molecule has 18 heavy (non-hydrogen) atoms. The Hall–Kier alpha value is -0.980. The Bertz CT molecular complexity index is 581. The van der Waals surface area contributed by atoms with Crippen LogP contribution in [0.25, 0.3) is 0 Å². The maximum atomic E-state index is 5.29. The van der Waals surface area contributed by atoms with E-state index in [1.807, 2.05) is 27.6 Å². The average molecular weight is 282 g/mol. The molecule has 6 heteroatoms. The second kappa shape index (κ2) is 5.34. The van der Waals surface area contributed by atoms with Gasteiger partial charge in [-0.3, -0.25) is 4.90 Å². The largest absolute Gasteiger partial charge is 0.310 e. The van der Waals surface area contributed by atoms with Crippen LogP contribution in [0.2, 0.25) is 0 Å². The van der Waals surface area contributed by atoms with Crippen LogP contribution in [-0.4, -0.2) is 26.3 Å². The molecule has 2 heterocycles. The number of rotatable bonds is 4. The molecule has 0 aliphatic rings. The summed E-state index contributed by atoms with van der Waals surface area (Å²) in [6.45, 7) is 5.05. The highest BCUT2D eigenvalue weighted by molar-refractivity contribution is 7.71. The Morgan fingerprint density at radius 1 is 1.50 bits per heavy atom. The molecule has 0 aliphatic heterocycles. The van der Waals surface area contributed by atoms with Crippen LogP contribution in [0.15, 0.2) is 18.5 Å². The third-order valence-electron chi connectivity index (χ3n) is 3.08. The molecule has 0 amide bonds. The molecule has 2 aromatic heterocycles. The first-order valence-electron chi connectivity index (χ1n) is 5.84. The van der Waals surface area contributed by atoms with Crippen molar-refractivity contribution in [1.82, 2.24) is 19.2 Å². The SMILES string of the molecule is Cc1ccc([C@@H](C)N(C)Cn2ncn(C)c2=S)s1. The lowest BCUT2D eigenvalue weighted by Crippen LogP contribution is -2.25. The van der Waals surface area contributed by atoms with Crippen molar-refractivity contribution in [3.05, 3.63) is 33.0 Å². The number of thiophene rings is 1. The number of aromatic nitrogens is 3. The fourth-order valence-corrected chi connectivity index (χ4v) is 2.89. The van der Waals surface area contributed by atoms with E-state index in [0.717, 1.165) is 4.77 Å². The summed E-state index contributed by atoms with van der Waals surface area (Å²) in [7, 11) is 4.01. The minimum Gasteiger partial charge on any atom is -0.310 e. The first-order valence-corrected chi connectivity index (χ1v) is 7.06. The van der Waals surface area contributed by atoms with E-state index < -0.39 is 0 Å². The van der Waals surface area contributed by atoms with Crippen molar-refractivity contribution in [2.75, 3.05) is 7.05 Å². The van der Waals surface area contributed by atoms with Crippen molar-refractivity contribution >= 4 is 23.6 Å². The molecule has 98 valence electrons. The van der Waals surface area contributed by atoms with Crippen LogP contribution in [0.4, 0.5) is 0 Å². The lowest BCUT2D eigenvalue weighted by Gasteiger charge is -2.23. The van der Waals surface area contributed by atoms with Crippen LogP contribution in [0.1, 0.15) is 22.7 Å². The van der Waals surface area contributed by atoms with Crippen molar-refractivity contribution in [2.24, 2.45) is 7.05 Å². The molecule has 0 fully saturated rings. The molecule has 2 aromatic rings. The molecule has 0 saturated heterocycles. The second-order valence-electron chi connectivity index (χ2n) is 4.55. The van der Waals surface area contributed by atoms with Gasteiger partial charge in [0.1, 0.15) is 6.33 Å². The second-order valence-corrected chi connectivity index (χ2v) is 6.23. The van der Waals surface area contributed by atoms with Gasteiger partial charge in [0.2, 0.25) is 0 Å². The molecule has 0 radical (unpaired) electrons. The molecule has 0 aliphatic carbocycles. The first kappa shape index (κ1) is 13.5. The van der Waals surface area contributed by atoms with E-state index in [0.29, 0.717) is 12.7 Å². The summed E-state index contributed by atoms with van der Waals surface area (Å²) in [4.78, 5) is 4.96. The fourth-order valence-electron chi connectivity index (χ4n) is 1.75. The molecule has 0 N–H and O–H groups in total. The highest BCUT2D eigenvalue weighted by Gasteiger charge is 2.14. The molecule has 2 rings (SSSR count). The lowest BCUT2D eigenvalue weighted by atomic mass is 10.2. The van der Waals surface area contributed by atoms with Crippen LogP contribution in [0.5, 0.6) is 0 Å². The fraction of sp³-hybridized carbons (Fsp3) is 0.500. The normalized spacial score (nSPS) is 13.2. The predicted molar refractivity (Wildman–Crippen MR) is 77.3 cm³/mol. The van der Waals surface area contributed by atoms with Crippen molar-refractivity contribution in [1.29, 1.82) is 0 Å². The summed E-state index contributed by atoms with van der Waals surface area (Å²) in [5.74, 6) is 0. The molecule has 0 saturated carbocycles. The lowest BCUT2D eigenvalue weighted by molar-refractivity contribution is 0.197. The van der Waals surface area contributed by atoms with E-state index in [-0.39, 0.29) is 0 Å². The van der Waals surface area contributed by atoms with Crippen molar-refractivity contribution < 1.29 is 0 Å². The highest BCUT2D eigenvalue weighted by atomic mass is 32.1. The molecule has 1 atom stereocenters.